The monoisotopic (exact) mass is 424 g/mol. The number of piperidine rings is 1. The second kappa shape index (κ2) is 7.42. The Hall–Kier alpha value is -1.71. The van der Waals surface area contributed by atoms with Crippen LogP contribution in [0.2, 0.25) is 0 Å². The molecule has 1 aromatic rings. The molecule has 4 nitrogen and oxygen atoms in total. The molecule has 1 saturated heterocycles. The first-order chi connectivity index (χ1) is 14.7. The lowest BCUT2D eigenvalue weighted by Crippen LogP contribution is -2.62. The molecule has 1 aromatic carbocycles. The van der Waals surface area contributed by atoms with E-state index in [1.807, 2.05) is 7.05 Å². The summed E-state index contributed by atoms with van der Waals surface area (Å²) >= 11 is 0. The lowest BCUT2D eigenvalue weighted by molar-refractivity contribution is -0.164. The van der Waals surface area contributed by atoms with Crippen molar-refractivity contribution in [2.75, 3.05) is 19.4 Å². The van der Waals surface area contributed by atoms with Crippen molar-refractivity contribution in [3.63, 3.8) is 0 Å². The van der Waals surface area contributed by atoms with Crippen molar-refractivity contribution in [2.24, 2.45) is 34.5 Å². The average molecular weight is 425 g/mol. The molecule has 0 bridgehead atoms. The number of hydrogen-bond acceptors (Lipinski definition) is 3. The zero-order chi connectivity index (χ0) is 22.0. The third-order valence-electron chi connectivity index (χ3n) is 10.1. The van der Waals surface area contributed by atoms with E-state index in [-0.39, 0.29) is 5.41 Å². The van der Waals surface area contributed by atoms with Gasteiger partial charge in [-0.1, -0.05) is 20.8 Å². The maximum Gasteiger partial charge on any atom is 0.222 e. The Balaban J connectivity index is 1.37. The van der Waals surface area contributed by atoms with Gasteiger partial charge < -0.3 is 15.0 Å². The van der Waals surface area contributed by atoms with Crippen LogP contribution >= 0.6 is 0 Å². The van der Waals surface area contributed by atoms with Crippen molar-refractivity contribution in [3.8, 4) is 5.75 Å². The molecule has 3 aliphatic carbocycles. The average Bonchev–Trinajstić information content (AvgIpc) is 3.09. The van der Waals surface area contributed by atoms with Crippen molar-refractivity contribution in [1.82, 2.24) is 4.90 Å². The summed E-state index contributed by atoms with van der Waals surface area (Å²) in [4.78, 5) is 14.6. The van der Waals surface area contributed by atoms with Crippen LogP contribution in [-0.2, 0) is 4.79 Å². The zero-order valence-corrected chi connectivity index (χ0v) is 20.0. The molecule has 5 rings (SSSR count). The van der Waals surface area contributed by atoms with E-state index in [0.29, 0.717) is 29.4 Å². The van der Waals surface area contributed by atoms with Gasteiger partial charge in [0.15, 0.2) is 0 Å². The van der Waals surface area contributed by atoms with Crippen LogP contribution in [0.15, 0.2) is 24.3 Å². The fourth-order valence-electron chi connectivity index (χ4n) is 8.44. The smallest absolute Gasteiger partial charge is 0.222 e. The Kier molecular flexibility index (Phi) is 5.06. The van der Waals surface area contributed by atoms with Crippen LogP contribution in [0.25, 0.3) is 0 Å². The second-order valence-electron chi connectivity index (χ2n) is 11.7. The minimum absolute atomic E-state index is 0.281. The zero-order valence-electron chi connectivity index (χ0n) is 20.0. The van der Waals surface area contributed by atoms with Gasteiger partial charge in [0.05, 0.1) is 6.10 Å². The van der Waals surface area contributed by atoms with Crippen molar-refractivity contribution in [1.29, 1.82) is 0 Å². The van der Waals surface area contributed by atoms with E-state index in [9.17, 15) is 4.79 Å². The van der Waals surface area contributed by atoms with Gasteiger partial charge in [-0.3, -0.25) is 4.79 Å². The molecule has 8 atom stereocenters. The topological polar surface area (TPSA) is 41.6 Å². The van der Waals surface area contributed by atoms with E-state index in [1.54, 1.807) is 0 Å². The number of anilines is 1. The maximum atomic E-state index is 12.5. The Bertz CT molecular complexity index is 838. The van der Waals surface area contributed by atoms with Crippen LogP contribution in [0.3, 0.4) is 0 Å². The highest BCUT2D eigenvalue weighted by Gasteiger charge is 2.62. The van der Waals surface area contributed by atoms with E-state index in [2.05, 4.69) is 62.3 Å². The number of hydrogen-bond donors (Lipinski definition) is 1. The van der Waals surface area contributed by atoms with Gasteiger partial charge in [-0.25, -0.2) is 0 Å². The third-order valence-corrected chi connectivity index (χ3v) is 10.1. The van der Waals surface area contributed by atoms with Gasteiger partial charge in [0, 0.05) is 32.2 Å². The van der Waals surface area contributed by atoms with Crippen molar-refractivity contribution in [2.45, 2.75) is 77.9 Å². The molecule has 4 unspecified atom stereocenters. The molecule has 31 heavy (non-hydrogen) atoms. The Morgan fingerprint density at radius 3 is 2.55 bits per heavy atom. The molecule has 1 amide bonds. The number of benzene rings is 1. The standard InChI is InChI=1S/C27H40N2O2/c1-17-14-23-27(3,13-11-24(30)29(23)5)21-10-12-26(2)16-20(15-22(26)25(17)21)31-19-8-6-18(28-4)7-9-19/h6-9,17,20-23,25,28H,10-16H2,1-5H3/t17-,20-,21?,22?,23?,25?,26+,27+/m0/s1. The number of carbonyl (C=O) groups is 1. The molecule has 4 heteroatoms. The number of rotatable bonds is 3. The van der Waals surface area contributed by atoms with Crippen LogP contribution in [-0.4, -0.2) is 37.0 Å². The van der Waals surface area contributed by atoms with Crippen molar-refractivity contribution < 1.29 is 9.53 Å². The highest BCUT2D eigenvalue weighted by atomic mass is 16.5. The molecule has 1 heterocycles. The van der Waals surface area contributed by atoms with E-state index in [1.165, 1.54) is 32.1 Å². The fourth-order valence-corrected chi connectivity index (χ4v) is 8.44. The van der Waals surface area contributed by atoms with E-state index < -0.39 is 0 Å². The largest absolute Gasteiger partial charge is 0.490 e. The SMILES string of the molecule is CNc1ccc(O[C@H]2CC3C4C(CC[C@]3(C)C2)[C@@]2(C)CCC(=O)N(C)C2C[C@@H]4C)cc1. The summed E-state index contributed by atoms with van der Waals surface area (Å²) in [5.41, 5.74) is 1.80. The predicted molar refractivity (Wildman–Crippen MR) is 125 cm³/mol. The first-order valence-electron chi connectivity index (χ1n) is 12.5. The van der Waals surface area contributed by atoms with Gasteiger partial charge in [0.1, 0.15) is 5.75 Å². The number of amides is 1. The molecule has 1 N–H and O–H groups in total. The number of fused-ring (bicyclic) bond motifs is 5. The van der Waals surface area contributed by atoms with Crippen molar-refractivity contribution in [3.05, 3.63) is 24.3 Å². The molecule has 0 radical (unpaired) electrons. The fraction of sp³-hybridized carbons (Fsp3) is 0.741. The number of ether oxygens (including phenoxy) is 1. The first-order valence-corrected chi connectivity index (χ1v) is 12.5. The molecule has 0 aromatic heterocycles. The molecule has 4 aliphatic rings. The number of nitrogens with one attached hydrogen (secondary N) is 1. The quantitative estimate of drug-likeness (QED) is 0.688. The van der Waals surface area contributed by atoms with Crippen LogP contribution < -0.4 is 10.1 Å². The molecule has 4 fully saturated rings. The summed E-state index contributed by atoms with van der Waals surface area (Å²) in [6.45, 7) is 7.53. The highest BCUT2D eigenvalue weighted by molar-refractivity contribution is 5.77. The lowest BCUT2D eigenvalue weighted by atomic mass is 9.45. The normalized spacial score (nSPS) is 44.3. The molecule has 3 saturated carbocycles. The second-order valence-corrected chi connectivity index (χ2v) is 11.7. The summed E-state index contributed by atoms with van der Waals surface area (Å²) < 4.78 is 6.53. The number of nitrogens with zero attached hydrogens (tertiary/aromatic N) is 1. The summed E-state index contributed by atoms with van der Waals surface area (Å²) in [5, 5.41) is 3.18. The Morgan fingerprint density at radius 2 is 1.84 bits per heavy atom. The van der Waals surface area contributed by atoms with Crippen LogP contribution in [0.4, 0.5) is 5.69 Å². The Morgan fingerprint density at radius 1 is 1.10 bits per heavy atom. The first kappa shape index (κ1) is 21.2. The summed E-state index contributed by atoms with van der Waals surface area (Å²) in [6.07, 6.45) is 8.30. The van der Waals surface area contributed by atoms with Gasteiger partial charge in [-0.2, -0.15) is 0 Å². The predicted octanol–water partition coefficient (Wildman–Crippen LogP) is 5.59. The Labute approximate surface area is 188 Å². The van der Waals surface area contributed by atoms with E-state index in [0.717, 1.165) is 42.0 Å². The summed E-state index contributed by atoms with van der Waals surface area (Å²) in [5.74, 6) is 4.27. The third kappa shape index (κ3) is 3.27. The van der Waals surface area contributed by atoms with Crippen LogP contribution in [0.1, 0.15) is 65.7 Å². The molecular formula is C27H40N2O2. The molecule has 0 spiro atoms. The maximum absolute atomic E-state index is 12.5. The van der Waals surface area contributed by atoms with Crippen LogP contribution in [0.5, 0.6) is 5.75 Å². The lowest BCUT2D eigenvalue weighted by Gasteiger charge is -2.63. The van der Waals surface area contributed by atoms with Gasteiger partial charge in [-0.05, 0) is 97.3 Å². The minimum atomic E-state index is 0.281. The minimum Gasteiger partial charge on any atom is -0.490 e. The molecule has 170 valence electrons. The summed E-state index contributed by atoms with van der Waals surface area (Å²) in [7, 11) is 4.01. The molecule has 1 aliphatic heterocycles. The van der Waals surface area contributed by atoms with Gasteiger partial charge >= 0.3 is 0 Å². The summed E-state index contributed by atoms with van der Waals surface area (Å²) in [6, 6.07) is 8.82. The number of carbonyl (C=O) groups excluding carboxylic acids is 1. The van der Waals surface area contributed by atoms with Gasteiger partial charge in [0.25, 0.3) is 0 Å². The highest BCUT2D eigenvalue weighted by Crippen LogP contribution is 2.66. The van der Waals surface area contributed by atoms with E-state index in [4.69, 9.17) is 4.74 Å². The van der Waals surface area contributed by atoms with E-state index >= 15 is 0 Å². The number of likely N-dealkylation sites (tertiary alicyclic amines) is 1. The molecular weight excluding hydrogens is 384 g/mol. The van der Waals surface area contributed by atoms with Crippen LogP contribution in [0, 0.1) is 34.5 Å². The van der Waals surface area contributed by atoms with Gasteiger partial charge in [0.2, 0.25) is 5.91 Å². The van der Waals surface area contributed by atoms with Crippen molar-refractivity contribution >= 4 is 11.6 Å². The van der Waals surface area contributed by atoms with Gasteiger partial charge in [-0.15, -0.1) is 0 Å².